The number of ether oxygens (including phenoxy) is 2. The standard InChI is InChI=1S/C26H33N5O3S/c1-26(17-27)6-8-29(9-7-26)24-19-14-22(33-2)23(34-3)15-21(19)28-16-20(24)25(32)30-10-12-31(13-11-30)35-18-4-5-18/h14-16,18H,4-13H2,1-3H3. The SMILES string of the molecule is COc1cc2ncc(C(=O)N3CCN(SC4CC4)CC3)c(N3CCC(C)(C#N)CC3)c2cc1OC. The van der Waals surface area contributed by atoms with E-state index in [2.05, 4.69) is 20.3 Å². The highest BCUT2D eigenvalue weighted by Gasteiger charge is 2.34. The number of pyridine rings is 1. The van der Waals surface area contributed by atoms with Crippen molar-refractivity contribution in [3.63, 3.8) is 0 Å². The van der Waals surface area contributed by atoms with Crippen LogP contribution in [-0.2, 0) is 0 Å². The Hall–Kier alpha value is -2.70. The molecule has 0 unspecified atom stereocenters. The highest BCUT2D eigenvalue weighted by atomic mass is 32.2. The number of nitriles is 1. The van der Waals surface area contributed by atoms with E-state index in [0.717, 1.165) is 47.8 Å². The van der Waals surface area contributed by atoms with Gasteiger partial charge in [0, 0.05) is 62.2 Å². The lowest BCUT2D eigenvalue weighted by Crippen LogP contribution is -2.47. The zero-order valence-electron chi connectivity index (χ0n) is 20.7. The monoisotopic (exact) mass is 495 g/mol. The number of methoxy groups -OCH3 is 2. The summed E-state index contributed by atoms with van der Waals surface area (Å²) in [4.78, 5) is 22.7. The van der Waals surface area contributed by atoms with Crippen LogP contribution in [0.15, 0.2) is 18.3 Å². The van der Waals surface area contributed by atoms with E-state index in [4.69, 9.17) is 9.47 Å². The number of nitrogens with zero attached hydrogens (tertiary/aromatic N) is 5. The minimum atomic E-state index is -0.333. The van der Waals surface area contributed by atoms with Crippen molar-refractivity contribution in [1.29, 1.82) is 5.26 Å². The molecule has 1 saturated carbocycles. The first-order chi connectivity index (χ1) is 16.9. The first-order valence-corrected chi connectivity index (χ1v) is 13.2. The van der Waals surface area contributed by atoms with Crippen LogP contribution in [-0.4, -0.2) is 78.8 Å². The van der Waals surface area contributed by atoms with Crippen LogP contribution in [0, 0.1) is 16.7 Å². The quantitative estimate of drug-likeness (QED) is 0.557. The molecule has 9 heteroatoms. The smallest absolute Gasteiger partial charge is 0.257 e. The zero-order chi connectivity index (χ0) is 24.6. The van der Waals surface area contributed by atoms with Gasteiger partial charge in [0.2, 0.25) is 0 Å². The largest absolute Gasteiger partial charge is 0.493 e. The Morgan fingerprint density at radius 3 is 2.34 bits per heavy atom. The molecule has 3 heterocycles. The van der Waals surface area contributed by atoms with Gasteiger partial charge in [-0.3, -0.25) is 9.78 Å². The molecule has 1 aliphatic carbocycles. The molecule has 5 rings (SSSR count). The minimum Gasteiger partial charge on any atom is -0.493 e. The van der Waals surface area contributed by atoms with E-state index in [9.17, 15) is 10.1 Å². The summed E-state index contributed by atoms with van der Waals surface area (Å²) in [5, 5.41) is 11.3. The molecule has 8 nitrogen and oxygen atoms in total. The predicted molar refractivity (Wildman–Crippen MR) is 138 cm³/mol. The number of benzene rings is 1. The number of carbonyl (C=O) groups excluding carboxylic acids is 1. The minimum absolute atomic E-state index is 0.0221. The van der Waals surface area contributed by atoms with Crippen LogP contribution >= 0.6 is 11.9 Å². The maximum absolute atomic E-state index is 13.8. The van der Waals surface area contributed by atoms with Gasteiger partial charge in [-0.05, 0) is 38.7 Å². The van der Waals surface area contributed by atoms with Gasteiger partial charge in [-0.25, -0.2) is 4.31 Å². The van der Waals surface area contributed by atoms with Crippen LogP contribution in [0.25, 0.3) is 10.9 Å². The Morgan fingerprint density at radius 1 is 1.09 bits per heavy atom. The Kier molecular flexibility index (Phi) is 6.69. The van der Waals surface area contributed by atoms with Gasteiger partial charge >= 0.3 is 0 Å². The van der Waals surface area contributed by atoms with Gasteiger partial charge in [0.1, 0.15) is 0 Å². The van der Waals surface area contributed by atoms with Crippen LogP contribution in [0.1, 0.15) is 43.0 Å². The second-order valence-corrected chi connectivity index (χ2v) is 11.3. The second kappa shape index (κ2) is 9.75. The van der Waals surface area contributed by atoms with Crippen LogP contribution in [0.5, 0.6) is 11.5 Å². The van der Waals surface area contributed by atoms with Crippen molar-refractivity contribution in [1.82, 2.24) is 14.2 Å². The fourth-order valence-electron chi connectivity index (χ4n) is 4.89. The normalized spacial score (nSPS) is 20.5. The van der Waals surface area contributed by atoms with Crippen molar-refractivity contribution in [3.8, 4) is 17.6 Å². The molecule has 1 amide bonds. The molecular formula is C26H33N5O3S. The Bertz CT molecular complexity index is 1150. The van der Waals surface area contributed by atoms with Gasteiger partial charge in [0.15, 0.2) is 11.5 Å². The third-order valence-electron chi connectivity index (χ3n) is 7.38. The summed E-state index contributed by atoms with van der Waals surface area (Å²) in [5.74, 6) is 1.24. The first-order valence-electron chi connectivity index (χ1n) is 12.4. The molecule has 0 spiro atoms. The lowest BCUT2D eigenvalue weighted by molar-refractivity contribution is 0.0704. The second-order valence-electron chi connectivity index (χ2n) is 9.93. The van der Waals surface area contributed by atoms with E-state index in [1.807, 2.05) is 35.9 Å². The summed E-state index contributed by atoms with van der Waals surface area (Å²) in [7, 11) is 3.22. The molecule has 0 bridgehead atoms. The van der Waals surface area contributed by atoms with Crippen LogP contribution in [0.2, 0.25) is 0 Å². The molecule has 0 atom stereocenters. The third kappa shape index (κ3) is 4.87. The van der Waals surface area contributed by atoms with Gasteiger partial charge in [-0.15, -0.1) is 0 Å². The summed E-state index contributed by atoms with van der Waals surface area (Å²) in [5.41, 5.74) is 1.93. The Labute approximate surface area is 211 Å². The van der Waals surface area contributed by atoms with E-state index in [1.165, 1.54) is 12.8 Å². The van der Waals surface area contributed by atoms with Crippen molar-refractivity contribution < 1.29 is 14.3 Å². The van der Waals surface area contributed by atoms with Gasteiger partial charge in [-0.1, -0.05) is 11.9 Å². The van der Waals surface area contributed by atoms with Crippen molar-refractivity contribution in [3.05, 3.63) is 23.9 Å². The Balaban J connectivity index is 1.49. The average molecular weight is 496 g/mol. The molecule has 35 heavy (non-hydrogen) atoms. The van der Waals surface area contributed by atoms with Gasteiger partial charge in [0.05, 0.1) is 42.5 Å². The lowest BCUT2D eigenvalue weighted by atomic mass is 9.81. The van der Waals surface area contributed by atoms with E-state index in [-0.39, 0.29) is 11.3 Å². The molecule has 0 radical (unpaired) electrons. The molecule has 1 aromatic heterocycles. The predicted octanol–water partition coefficient (Wildman–Crippen LogP) is 3.95. The summed E-state index contributed by atoms with van der Waals surface area (Å²) in [6, 6.07) is 6.27. The molecular weight excluding hydrogens is 462 g/mol. The maximum atomic E-state index is 13.8. The summed E-state index contributed by atoms with van der Waals surface area (Å²) in [6.07, 6.45) is 5.85. The molecule has 3 fully saturated rings. The third-order valence-corrected chi connectivity index (χ3v) is 8.81. The number of hydrogen-bond donors (Lipinski definition) is 0. The van der Waals surface area contributed by atoms with Gasteiger partial charge < -0.3 is 19.3 Å². The molecule has 2 aromatic rings. The average Bonchev–Trinajstić information content (AvgIpc) is 3.72. The molecule has 1 aromatic carbocycles. The van der Waals surface area contributed by atoms with Crippen molar-refractivity contribution >= 4 is 34.4 Å². The molecule has 2 aliphatic heterocycles. The van der Waals surface area contributed by atoms with Crippen LogP contribution < -0.4 is 14.4 Å². The van der Waals surface area contributed by atoms with Crippen molar-refractivity contribution in [2.24, 2.45) is 5.41 Å². The lowest BCUT2D eigenvalue weighted by Gasteiger charge is -2.39. The van der Waals surface area contributed by atoms with E-state index in [1.54, 1.807) is 20.4 Å². The number of rotatable bonds is 6. The zero-order valence-corrected chi connectivity index (χ0v) is 21.6. The number of piperazine rings is 1. The summed E-state index contributed by atoms with van der Waals surface area (Å²) in [6.45, 7) is 6.65. The van der Waals surface area contributed by atoms with Crippen molar-refractivity contribution in [2.45, 2.75) is 37.9 Å². The van der Waals surface area contributed by atoms with Crippen LogP contribution in [0.3, 0.4) is 0 Å². The number of hydrogen-bond acceptors (Lipinski definition) is 8. The fourth-order valence-corrected chi connectivity index (χ4v) is 6.03. The highest BCUT2D eigenvalue weighted by molar-refractivity contribution is 7.97. The topological polar surface area (TPSA) is 81.9 Å². The molecule has 0 N–H and O–H groups in total. The number of piperidine rings is 1. The van der Waals surface area contributed by atoms with E-state index in [0.29, 0.717) is 43.2 Å². The summed E-state index contributed by atoms with van der Waals surface area (Å²) < 4.78 is 13.5. The number of amides is 1. The first kappa shape index (κ1) is 24.0. The highest BCUT2D eigenvalue weighted by Crippen LogP contribution is 2.41. The summed E-state index contributed by atoms with van der Waals surface area (Å²) >= 11 is 1.96. The molecule has 2 saturated heterocycles. The van der Waals surface area contributed by atoms with Gasteiger partial charge in [-0.2, -0.15) is 5.26 Å². The van der Waals surface area contributed by atoms with Gasteiger partial charge in [0.25, 0.3) is 5.91 Å². The number of aromatic nitrogens is 1. The maximum Gasteiger partial charge on any atom is 0.257 e. The molecule has 3 aliphatic rings. The molecule has 186 valence electrons. The van der Waals surface area contributed by atoms with Crippen LogP contribution in [0.4, 0.5) is 5.69 Å². The van der Waals surface area contributed by atoms with Crippen molar-refractivity contribution in [2.75, 3.05) is 58.4 Å². The fraction of sp³-hybridized carbons (Fsp3) is 0.577. The number of fused-ring (bicyclic) bond motifs is 1. The number of anilines is 1. The van der Waals surface area contributed by atoms with E-state index >= 15 is 0 Å². The Morgan fingerprint density at radius 2 is 1.74 bits per heavy atom. The van der Waals surface area contributed by atoms with E-state index < -0.39 is 0 Å². The number of carbonyl (C=O) groups is 1.